The van der Waals surface area contributed by atoms with Gasteiger partial charge in [0.1, 0.15) is 5.76 Å². The van der Waals surface area contributed by atoms with Crippen LogP contribution in [0.2, 0.25) is 5.02 Å². The van der Waals surface area contributed by atoms with Crippen LogP contribution < -0.4 is 16.0 Å². The van der Waals surface area contributed by atoms with E-state index in [1.165, 1.54) is 0 Å². The van der Waals surface area contributed by atoms with Crippen molar-refractivity contribution < 1.29 is 14.0 Å². The first-order valence-electron chi connectivity index (χ1n) is 8.31. The lowest BCUT2D eigenvalue weighted by Crippen LogP contribution is -2.24. The summed E-state index contributed by atoms with van der Waals surface area (Å²) >= 11 is 6.04. The minimum Gasteiger partial charge on any atom is -0.467 e. The van der Waals surface area contributed by atoms with E-state index in [1.54, 1.807) is 54.8 Å². The monoisotopic (exact) mass is 383 g/mol. The highest BCUT2D eigenvalue weighted by Gasteiger charge is 2.09. The molecule has 0 bridgehead atoms. The Labute approximate surface area is 161 Å². The minimum atomic E-state index is -0.253. The Kier molecular flexibility index (Phi) is 6.12. The van der Waals surface area contributed by atoms with Gasteiger partial charge in [0.05, 0.1) is 30.1 Å². The van der Waals surface area contributed by atoms with Crippen molar-refractivity contribution in [3.8, 4) is 0 Å². The number of furan rings is 1. The number of carbonyl (C=O) groups is 2. The smallest absolute Gasteiger partial charge is 0.251 e. The number of hydrogen-bond acceptors (Lipinski definition) is 4. The lowest BCUT2D eigenvalue weighted by atomic mass is 10.2. The molecule has 3 N–H and O–H groups in total. The summed E-state index contributed by atoms with van der Waals surface area (Å²) in [6.45, 7) is 0.350. The van der Waals surface area contributed by atoms with Gasteiger partial charge >= 0.3 is 0 Å². The SMILES string of the molecule is O=C(CNc1ccccc1Cl)Nc1cccc(C(=O)NCc2ccco2)c1. The summed E-state index contributed by atoms with van der Waals surface area (Å²) < 4.78 is 5.18. The number of anilines is 2. The largest absolute Gasteiger partial charge is 0.467 e. The van der Waals surface area contributed by atoms with Gasteiger partial charge in [-0.1, -0.05) is 29.8 Å². The summed E-state index contributed by atoms with van der Waals surface area (Å²) in [7, 11) is 0. The second-order valence-corrected chi connectivity index (χ2v) is 6.13. The van der Waals surface area contributed by atoms with Crippen LogP contribution in [0.15, 0.2) is 71.3 Å². The average Bonchev–Trinajstić information content (AvgIpc) is 3.19. The van der Waals surface area contributed by atoms with Gasteiger partial charge < -0.3 is 20.4 Å². The first kappa shape index (κ1) is 18.5. The summed E-state index contributed by atoms with van der Waals surface area (Å²) in [6, 6.07) is 17.4. The van der Waals surface area contributed by atoms with Crippen LogP contribution in [0, 0.1) is 0 Å². The van der Waals surface area contributed by atoms with Crippen molar-refractivity contribution in [3.05, 3.63) is 83.3 Å². The minimum absolute atomic E-state index is 0.0542. The molecule has 6 nitrogen and oxygen atoms in total. The zero-order valence-corrected chi connectivity index (χ0v) is 15.1. The highest BCUT2D eigenvalue weighted by Crippen LogP contribution is 2.20. The second kappa shape index (κ2) is 8.91. The standard InChI is InChI=1S/C20H18ClN3O3/c21-17-8-1-2-9-18(17)22-13-19(25)24-15-6-3-5-14(11-15)20(26)23-12-16-7-4-10-27-16/h1-11,22H,12-13H2,(H,23,26)(H,24,25). The summed E-state index contributed by atoms with van der Waals surface area (Å²) in [4.78, 5) is 24.4. The van der Waals surface area contributed by atoms with E-state index in [1.807, 2.05) is 12.1 Å². The van der Waals surface area contributed by atoms with Crippen LogP contribution in [0.1, 0.15) is 16.1 Å². The van der Waals surface area contributed by atoms with Gasteiger partial charge in [0, 0.05) is 11.3 Å². The summed E-state index contributed by atoms with van der Waals surface area (Å²) in [6.07, 6.45) is 1.55. The molecule has 0 radical (unpaired) electrons. The third-order valence-electron chi connectivity index (χ3n) is 3.73. The van der Waals surface area contributed by atoms with Gasteiger partial charge in [0.15, 0.2) is 0 Å². The molecule has 27 heavy (non-hydrogen) atoms. The molecular formula is C20H18ClN3O3. The molecule has 0 saturated heterocycles. The Balaban J connectivity index is 1.54. The maximum absolute atomic E-state index is 12.2. The molecule has 0 atom stereocenters. The number of nitrogens with one attached hydrogen (secondary N) is 3. The van der Waals surface area contributed by atoms with Crippen molar-refractivity contribution in [2.24, 2.45) is 0 Å². The molecule has 0 aliphatic rings. The third kappa shape index (κ3) is 5.36. The van der Waals surface area contributed by atoms with Crippen molar-refractivity contribution >= 4 is 34.8 Å². The van der Waals surface area contributed by atoms with Crippen molar-refractivity contribution in [1.29, 1.82) is 0 Å². The fraction of sp³-hybridized carbons (Fsp3) is 0.100. The quantitative estimate of drug-likeness (QED) is 0.577. The molecule has 1 aromatic heterocycles. The summed E-state index contributed by atoms with van der Waals surface area (Å²) in [5.74, 6) is 0.165. The second-order valence-electron chi connectivity index (χ2n) is 5.72. The molecule has 0 spiro atoms. The van der Waals surface area contributed by atoms with E-state index in [2.05, 4.69) is 16.0 Å². The Hall–Kier alpha value is -3.25. The van der Waals surface area contributed by atoms with E-state index < -0.39 is 0 Å². The third-order valence-corrected chi connectivity index (χ3v) is 4.05. The van der Waals surface area contributed by atoms with Crippen molar-refractivity contribution in [2.75, 3.05) is 17.2 Å². The predicted molar refractivity (Wildman–Crippen MR) is 105 cm³/mol. The molecule has 0 unspecified atom stereocenters. The molecule has 1 heterocycles. The molecule has 0 aliphatic carbocycles. The van der Waals surface area contributed by atoms with E-state index in [0.717, 1.165) is 0 Å². The van der Waals surface area contributed by atoms with Crippen molar-refractivity contribution in [3.63, 3.8) is 0 Å². The van der Waals surface area contributed by atoms with Gasteiger partial charge in [-0.2, -0.15) is 0 Å². The first-order valence-corrected chi connectivity index (χ1v) is 8.68. The number of halogens is 1. The van der Waals surface area contributed by atoms with Gasteiger partial charge in [-0.25, -0.2) is 0 Å². The van der Waals surface area contributed by atoms with Crippen LogP contribution in [0.25, 0.3) is 0 Å². The fourth-order valence-corrected chi connectivity index (χ4v) is 2.61. The van der Waals surface area contributed by atoms with Crippen LogP contribution in [-0.4, -0.2) is 18.4 Å². The Morgan fingerprint density at radius 1 is 1.00 bits per heavy atom. The van der Waals surface area contributed by atoms with Crippen molar-refractivity contribution in [1.82, 2.24) is 5.32 Å². The molecular weight excluding hydrogens is 366 g/mol. The number of benzene rings is 2. The number of carbonyl (C=O) groups excluding carboxylic acids is 2. The molecule has 138 valence electrons. The van der Waals surface area contributed by atoms with E-state index in [0.29, 0.717) is 34.3 Å². The van der Waals surface area contributed by atoms with E-state index in [9.17, 15) is 9.59 Å². The summed E-state index contributed by atoms with van der Waals surface area (Å²) in [5, 5.41) is 9.03. The molecule has 2 amide bonds. The van der Waals surface area contributed by atoms with E-state index >= 15 is 0 Å². The molecule has 0 saturated carbocycles. The van der Waals surface area contributed by atoms with Gasteiger partial charge in [0.2, 0.25) is 5.91 Å². The van der Waals surface area contributed by atoms with Crippen LogP contribution in [0.4, 0.5) is 11.4 Å². The first-order chi connectivity index (χ1) is 13.1. The van der Waals surface area contributed by atoms with E-state index in [4.69, 9.17) is 16.0 Å². The van der Waals surface area contributed by atoms with Gasteiger partial charge in [-0.3, -0.25) is 9.59 Å². The fourth-order valence-electron chi connectivity index (χ4n) is 2.41. The molecule has 0 aliphatic heterocycles. The van der Waals surface area contributed by atoms with Crippen LogP contribution in [0.3, 0.4) is 0 Å². The Bertz CT molecular complexity index is 926. The molecule has 7 heteroatoms. The lowest BCUT2D eigenvalue weighted by Gasteiger charge is -2.10. The Morgan fingerprint density at radius 3 is 2.63 bits per heavy atom. The maximum atomic E-state index is 12.2. The lowest BCUT2D eigenvalue weighted by molar-refractivity contribution is -0.114. The van der Waals surface area contributed by atoms with Gasteiger partial charge in [-0.05, 0) is 42.5 Å². The molecule has 2 aromatic carbocycles. The van der Waals surface area contributed by atoms with Gasteiger partial charge in [-0.15, -0.1) is 0 Å². The van der Waals surface area contributed by atoms with Crippen LogP contribution in [0.5, 0.6) is 0 Å². The maximum Gasteiger partial charge on any atom is 0.251 e. The highest BCUT2D eigenvalue weighted by atomic mass is 35.5. The molecule has 0 fully saturated rings. The topological polar surface area (TPSA) is 83.4 Å². The van der Waals surface area contributed by atoms with Crippen LogP contribution in [-0.2, 0) is 11.3 Å². The zero-order valence-electron chi connectivity index (χ0n) is 14.4. The van der Waals surface area contributed by atoms with Gasteiger partial charge in [0.25, 0.3) is 5.91 Å². The zero-order chi connectivity index (χ0) is 19.1. The predicted octanol–water partition coefficient (Wildman–Crippen LogP) is 3.91. The number of para-hydroxylation sites is 1. The number of hydrogen-bond donors (Lipinski definition) is 3. The normalized spacial score (nSPS) is 10.3. The molecule has 3 aromatic rings. The summed E-state index contributed by atoms with van der Waals surface area (Å²) in [5.41, 5.74) is 1.66. The van der Waals surface area contributed by atoms with Crippen LogP contribution >= 0.6 is 11.6 Å². The Morgan fingerprint density at radius 2 is 1.85 bits per heavy atom. The molecule has 3 rings (SSSR count). The average molecular weight is 384 g/mol. The number of rotatable bonds is 7. The highest BCUT2D eigenvalue weighted by molar-refractivity contribution is 6.33. The van der Waals surface area contributed by atoms with E-state index in [-0.39, 0.29) is 18.4 Å². The number of amides is 2. The van der Waals surface area contributed by atoms with Crippen molar-refractivity contribution in [2.45, 2.75) is 6.54 Å².